The van der Waals surface area contributed by atoms with E-state index in [9.17, 15) is 58.5 Å². The van der Waals surface area contributed by atoms with Crippen LogP contribution in [0.2, 0.25) is 0 Å². The monoisotopic (exact) mass is 760 g/mol. The van der Waals surface area contributed by atoms with Crippen molar-refractivity contribution < 1.29 is 90.4 Å². The standard InChI is InChI=1S/C21H28N7O18P3/c22-9-1-8(21(32)33)2-27(3-9)19-15(31)13(29)10(43-19)4-41-48(37,38)46-49(39,40)42-5-11-14(30)16(45-47(34,35)36)20(44-11)28-7-26-12-17(23)24-6-25-18(12)28/h1-3,6-7,10-11,13-16,19-20,29-31H,4-5,22H2,(H6-,23,24,25,32,33,34,35,36,37,38,39,40)/p+1/t10-,11+,13-,14+,15-,16+,19-,20+/m0/s1. The molecule has 0 saturated carbocycles. The van der Waals surface area contributed by atoms with E-state index in [2.05, 4.69) is 32.8 Å². The lowest BCUT2D eigenvalue weighted by Gasteiger charge is -2.22. The van der Waals surface area contributed by atoms with Crippen LogP contribution in [0.1, 0.15) is 22.8 Å². The number of imidazole rings is 1. The average molecular weight is 760 g/mol. The Morgan fingerprint density at radius 1 is 0.918 bits per heavy atom. The van der Waals surface area contributed by atoms with Crippen LogP contribution < -0.4 is 16.0 Å². The number of ether oxygens (including phenoxy) is 2. The number of phosphoric acid groups is 3. The molecule has 2 aliphatic heterocycles. The molecule has 10 atom stereocenters. The number of pyridine rings is 1. The van der Waals surface area contributed by atoms with E-state index in [1.54, 1.807) is 0 Å². The molecule has 49 heavy (non-hydrogen) atoms. The molecular formula is C21H29N7O18P3+. The third-order valence-corrected chi connectivity index (χ3v) is 10.1. The van der Waals surface area contributed by atoms with Gasteiger partial charge in [0.2, 0.25) is 0 Å². The van der Waals surface area contributed by atoms with Crippen LogP contribution in [-0.4, -0.2) is 115 Å². The van der Waals surface area contributed by atoms with Gasteiger partial charge in [-0.15, -0.1) is 0 Å². The van der Waals surface area contributed by atoms with Crippen LogP contribution in [0.4, 0.5) is 11.5 Å². The summed E-state index contributed by atoms with van der Waals surface area (Å²) in [4.78, 5) is 62.0. The van der Waals surface area contributed by atoms with E-state index in [-0.39, 0.29) is 28.2 Å². The lowest BCUT2D eigenvalue weighted by Crippen LogP contribution is -2.46. The van der Waals surface area contributed by atoms with Crippen molar-refractivity contribution in [1.29, 1.82) is 0 Å². The second-order valence-corrected chi connectivity index (χ2v) is 14.7. The summed E-state index contributed by atoms with van der Waals surface area (Å²) >= 11 is 0. The summed E-state index contributed by atoms with van der Waals surface area (Å²) in [5, 5.41) is 40.8. The highest BCUT2D eigenvalue weighted by molar-refractivity contribution is 7.61. The first-order chi connectivity index (χ1) is 22.7. The Kier molecular flexibility index (Phi) is 10.6. The highest BCUT2D eigenvalue weighted by Crippen LogP contribution is 2.61. The second kappa shape index (κ2) is 13.9. The molecule has 0 aromatic carbocycles. The molecule has 2 saturated heterocycles. The van der Waals surface area contributed by atoms with Crippen molar-refractivity contribution >= 4 is 52.1 Å². The molecule has 2 aliphatic rings. The van der Waals surface area contributed by atoms with Crippen LogP contribution in [0.3, 0.4) is 0 Å². The van der Waals surface area contributed by atoms with E-state index in [0.717, 1.165) is 34.1 Å². The number of nitrogen functional groups attached to an aromatic ring is 2. The van der Waals surface area contributed by atoms with Crippen LogP contribution >= 0.6 is 23.5 Å². The number of nitrogens with zero attached hydrogens (tertiary/aromatic N) is 5. The molecule has 3 aromatic heterocycles. The highest BCUT2D eigenvalue weighted by atomic mass is 31.3. The smallest absolute Gasteiger partial charge is 0.477 e. The van der Waals surface area contributed by atoms with E-state index in [0.29, 0.717) is 0 Å². The van der Waals surface area contributed by atoms with Crippen molar-refractivity contribution in [3.63, 3.8) is 0 Å². The summed E-state index contributed by atoms with van der Waals surface area (Å²) in [6.07, 6.45) is -9.24. The van der Waals surface area contributed by atoms with Gasteiger partial charge in [-0.2, -0.15) is 8.88 Å². The van der Waals surface area contributed by atoms with E-state index in [1.165, 1.54) is 6.20 Å². The molecule has 28 heteroatoms. The summed E-state index contributed by atoms with van der Waals surface area (Å²) in [5.41, 5.74) is 11.2. The highest BCUT2D eigenvalue weighted by Gasteiger charge is 2.51. The predicted molar refractivity (Wildman–Crippen MR) is 153 cm³/mol. The molecule has 0 radical (unpaired) electrons. The van der Waals surface area contributed by atoms with Gasteiger partial charge < -0.3 is 60.9 Å². The molecule has 2 fully saturated rings. The van der Waals surface area contributed by atoms with Crippen LogP contribution in [0.15, 0.2) is 31.1 Å². The molecule has 12 N–H and O–H groups in total. The Balaban J connectivity index is 1.21. The number of carboxylic acid groups (broad SMARTS) is 1. The first kappa shape index (κ1) is 37.2. The molecule has 0 amide bonds. The van der Waals surface area contributed by atoms with Gasteiger partial charge in [0.05, 0.1) is 25.2 Å². The number of aromatic carboxylic acids is 1. The molecule has 2 unspecified atom stereocenters. The van der Waals surface area contributed by atoms with Crippen molar-refractivity contribution in [3.8, 4) is 0 Å². The number of carbonyl (C=O) groups is 1. The Hall–Kier alpha value is -3.06. The van der Waals surface area contributed by atoms with Gasteiger partial charge in [-0.3, -0.25) is 18.1 Å². The van der Waals surface area contributed by atoms with E-state index in [4.69, 9.17) is 20.9 Å². The number of rotatable bonds is 13. The number of hydrogen-bond donors (Lipinski definition) is 10. The SMILES string of the molecule is Nc1cc(C(=O)O)c[n+]([C@H]2O[C@@H](COP(=O)(O)OP(=O)(O)OC[C@H]3O[C@@H](n4cnc5c(N)ncnc54)[C@H](OP(=O)(O)O)[C@@H]3O)[C@H](O)[C@@H]2O)c1. The minimum atomic E-state index is -5.55. The van der Waals surface area contributed by atoms with Crippen LogP contribution in [-0.2, 0) is 41.1 Å². The summed E-state index contributed by atoms with van der Waals surface area (Å²) in [7, 11) is -16.4. The fourth-order valence-electron chi connectivity index (χ4n) is 4.92. The van der Waals surface area contributed by atoms with Gasteiger partial charge in [-0.05, 0) is 6.07 Å². The minimum absolute atomic E-state index is 0.00758. The number of aliphatic hydroxyl groups is 3. The number of anilines is 2. The van der Waals surface area contributed by atoms with E-state index in [1.807, 2.05) is 0 Å². The number of nitrogens with two attached hydrogens (primary N) is 2. The molecular weight excluding hydrogens is 731 g/mol. The molecule has 5 rings (SSSR count). The van der Waals surface area contributed by atoms with Crippen molar-refractivity contribution in [3.05, 3.63) is 36.7 Å². The van der Waals surface area contributed by atoms with Crippen molar-refractivity contribution in [2.75, 3.05) is 24.7 Å². The molecule has 25 nitrogen and oxygen atoms in total. The first-order valence-electron chi connectivity index (χ1n) is 13.5. The fraction of sp³-hybridized carbons (Fsp3) is 0.476. The zero-order valence-corrected chi connectivity index (χ0v) is 27.0. The average Bonchev–Trinajstić information content (AvgIpc) is 3.64. The quantitative estimate of drug-likeness (QED) is 0.0625. The number of phosphoric ester groups is 3. The maximum Gasteiger partial charge on any atom is 0.481 e. The maximum absolute atomic E-state index is 12.6. The normalized spacial score (nSPS) is 29.9. The van der Waals surface area contributed by atoms with Gasteiger partial charge in [0.1, 0.15) is 47.9 Å². The molecule has 0 bridgehead atoms. The van der Waals surface area contributed by atoms with Crippen LogP contribution in [0.5, 0.6) is 0 Å². The van der Waals surface area contributed by atoms with Crippen molar-refractivity contribution in [2.24, 2.45) is 0 Å². The van der Waals surface area contributed by atoms with Gasteiger partial charge in [0.15, 0.2) is 36.2 Å². The topological polar surface area (TPSA) is 385 Å². The third kappa shape index (κ3) is 8.46. The maximum atomic E-state index is 12.6. The lowest BCUT2D eigenvalue weighted by molar-refractivity contribution is -0.765. The predicted octanol–water partition coefficient (Wildman–Crippen LogP) is -2.72. The second-order valence-electron chi connectivity index (χ2n) is 10.5. The van der Waals surface area contributed by atoms with Crippen LogP contribution in [0.25, 0.3) is 11.2 Å². The molecule has 0 spiro atoms. The van der Waals surface area contributed by atoms with Crippen molar-refractivity contribution in [1.82, 2.24) is 19.5 Å². The number of carboxylic acids is 1. The fourth-order valence-corrected chi connectivity index (χ4v) is 7.56. The third-order valence-electron chi connectivity index (χ3n) is 7.03. The number of aliphatic hydroxyl groups excluding tert-OH is 3. The minimum Gasteiger partial charge on any atom is -0.477 e. The Morgan fingerprint density at radius 3 is 2.16 bits per heavy atom. The Morgan fingerprint density at radius 2 is 1.55 bits per heavy atom. The zero-order chi connectivity index (χ0) is 36.1. The van der Waals surface area contributed by atoms with Gasteiger partial charge in [0, 0.05) is 0 Å². The summed E-state index contributed by atoms with van der Waals surface area (Å²) < 4.78 is 68.1. The Labute approximate surface area is 272 Å². The molecule has 270 valence electrons. The molecule has 3 aromatic rings. The largest absolute Gasteiger partial charge is 0.481 e. The number of hydrogen-bond acceptors (Lipinski definition) is 18. The van der Waals surface area contributed by atoms with Crippen LogP contribution in [0, 0.1) is 0 Å². The van der Waals surface area contributed by atoms with Gasteiger partial charge >= 0.3 is 29.4 Å². The summed E-state index contributed by atoms with van der Waals surface area (Å²) in [6, 6.07) is 1.12. The number of fused-ring (bicyclic) bond motifs is 1. The van der Waals surface area contributed by atoms with Gasteiger partial charge in [-0.1, -0.05) is 0 Å². The molecule has 0 aliphatic carbocycles. The first-order valence-corrected chi connectivity index (χ1v) is 18.0. The molecule has 5 heterocycles. The van der Waals surface area contributed by atoms with E-state index >= 15 is 0 Å². The van der Waals surface area contributed by atoms with E-state index < -0.39 is 91.7 Å². The number of aromatic nitrogens is 5. The van der Waals surface area contributed by atoms with Crippen molar-refractivity contribution in [2.45, 2.75) is 49.1 Å². The van der Waals surface area contributed by atoms with Gasteiger partial charge in [0.25, 0.3) is 6.23 Å². The summed E-state index contributed by atoms with van der Waals surface area (Å²) in [6.45, 7) is -2.11. The lowest BCUT2D eigenvalue weighted by atomic mass is 10.1. The summed E-state index contributed by atoms with van der Waals surface area (Å²) in [5.74, 6) is -1.43. The van der Waals surface area contributed by atoms with Gasteiger partial charge in [-0.25, -0.2) is 33.4 Å². The Bertz CT molecular complexity index is 1860. The zero-order valence-electron chi connectivity index (χ0n) is 24.3.